The molecular formula is C9H16O4. The average Bonchev–Trinajstić information content (AvgIpc) is 2.00. The van der Waals surface area contributed by atoms with E-state index < -0.39 is 17.5 Å². The predicted octanol–water partition coefficient (Wildman–Crippen LogP) is 1.58. The van der Waals surface area contributed by atoms with Crippen LogP contribution in [0.15, 0.2) is 0 Å². The summed E-state index contributed by atoms with van der Waals surface area (Å²) < 4.78 is 4.76. The molecule has 0 aromatic carbocycles. The number of carbonyl (C=O) groups is 2. The van der Waals surface area contributed by atoms with Crippen LogP contribution in [0.5, 0.6) is 0 Å². The van der Waals surface area contributed by atoms with Gasteiger partial charge >= 0.3 is 11.9 Å². The molecule has 0 aliphatic carbocycles. The van der Waals surface area contributed by atoms with Crippen molar-refractivity contribution < 1.29 is 19.4 Å². The van der Waals surface area contributed by atoms with Crippen molar-refractivity contribution in [3.05, 3.63) is 0 Å². The van der Waals surface area contributed by atoms with E-state index in [4.69, 9.17) is 9.84 Å². The van der Waals surface area contributed by atoms with Crippen LogP contribution in [0.2, 0.25) is 0 Å². The standard InChI is InChI=1S/C9H16O4/c1-4-5-6-9(2,3)13-8(12)7(10)11/h4-6H2,1-3H3,(H,10,11). The second-order valence-electron chi connectivity index (χ2n) is 3.56. The van der Waals surface area contributed by atoms with Gasteiger partial charge in [0.25, 0.3) is 0 Å². The number of rotatable bonds is 4. The van der Waals surface area contributed by atoms with Gasteiger partial charge in [0.05, 0.1) is 0 Å². The van der Waals surface area contributed by atoms with Crippen LogP contribution in [-0.2, 0) is 14.3 Å². The highest BCUT2D eigenvalue weighted by atomic mass is 16.6. The third-order valence-electron chi connectivity index (χ3n) is 1.68. The Labute approximate surface area is 77.9 Å². The Hall–Kier alpha value is -1.06. The molecule has 0 unspecified atom stereocenters. The number of ether oxygens (including phenoxy) is 1. The average molecular weight is 188 g/mol. The Morgan fingerprint density at radius 2 is 1.92 bits per heavy atom. The first-order valence-electron chi connectivity index (χ1n) is 4.35. The lowest BCUT2D eigenvalue weighted by Crippen LogP contribution is -2.31. The van der Waals surface area contributed by atoms with E-state index in [9.17, 15) is 9.59 Å². The number of esters is 1. The SMILES string of the molecule is CCCCC(C)(C)OC(=O)C(=O)O. The fraction of sp³-hybridized carbons (Fsp3) is 0.778. The monoisotopic (exact) mass is 188 g/mol. The van der Waals surface area contributed by atoms with Gasteiger partial charge in [-0.2, -0.15) is 0 Å². The van der Waals surface area contributed by atoms with Crippen LogP contribution in [-0.4, -0.2) is 22.6 Å². The normalized spacial score (nSPS) is 11.0. The Morgan fingerprint density at radius 3 is 2.31 bits per heavy atom. The lowest BCUT2D eigenvalue weighted by Gasteiger charge is -2.23. The minimum atomic E-state index is -1.54. The van der Waals surface area contributed by atoms with Crippen molar-refractivity contribution in [1.82, 2.24) is 0 Å². The lowest BCUT2D eigenvalue weighted by atomic mass is 10.0. The molecule has 0 aromatic heterocycles. The van der Waals surface area contributed by atoms with Crippen molar-refractivity contribution in [3.63, 3.8) is 0 Å². The summed E-state index contributed by atoms with van der Waals surface area (Å²) in [7, 11) is 0. The van der Waals surface area contributed by atoms with Crippen LogP contribution in [0.4, 0.5) is 0 Å². The van der Waals surface area contributed by atoms with E-state index in [1.807, 2.05) is 6.92 Å². The van der Waals surface area contributed by atoms with Gasteiger partial charge in [-0.1, -0.05) is 13.3 Å². The van der Waals surface area contributed by atoms with E-state index >= 15 is 0 Å². The summed E-state index contributed by atoms with van der Waals surface area (Å²) in [6.07, 6.45) is 2.59. The zero-order valence-electron chi connectivity index (χ0n) is 8.29. The van der Waals surface area contributed by atoms with Gasteiger partial charge in [-0.05, 0) is 26.7 Å². The van der Waals surface area contributed by atoms with Crippen molar-refractivity contribution in [1.29, 1.82) is 0 Å². The largest absolute Gasteiger partial charge is 0.473 e. The smallest absolute Gasteiger partial charge is 0.417 e. The fourth-order valence-electron chi connectivity index (χ4n) is 0.948. The van der Waals surface area contributed by atoms with Gasteiger partial charge in [0.1, 0.15) is 5.60 Å². The first-order chi connectivity index (χ1) is 5.89. The molecule has 0 aromatic rings. The molecule has 0 saturated heterocycles. The Morgan fingerprint density at radius 1 is 1.38 bits per heavy atom. The van der Waals surface area contributed by atoms with E-state index in [2.05, 4.69) is 0 Å². The molecule has 0 saturated carbocycles. The molecule has 0 aliphatic heterocycles. The van der Waals surface area contributed by atoms with E-state index in [-0.39, 0.29) is 0 Å². The molecule has 13 heavy (non-hydrogen) atoms. The van der Waals surface area contributed by atoms with Crippen LogP contribution in [0.25, 0.3) is 0 Å². The third-order valence-corrected chi connectivity index (χ3v) is 1.68. The van der Waals surface area contributed by atoms with Crippen molar-refractivity contribution in [2.75, 3.05) is 0 Å². The number of hydrogen-bond acceptors (Lipinski definition) is 3. The zero-order valence-corrected chi connectivity index (χ0v) is 8.29. The topological polar surface area (TPSA) is 63.6 Å². The van der Waals surface area contributed by atoms with Gasteiger partial charge in [-0.15, -0.1) is 0 Å². The summed E-state index contributed by atoms with van der Waals surface area (Å²) in [6.45, 7) is 5.45. The molecule has 0 amide bonds. The van der Waals surface area contributed by atoms with Crippen molar-refractivity contribution in [2.45, 2.75) is 45.6 Å². The number of aliphatic carboxylic acids is 1. The molecule has 0 fully saturated rings. The second-order valence-corrected chi connectivity index (χ2v) is 3.56. The van der Waals surface area contributed by atoms with Crippen LogP contribution < -0.4 is 0 Å². The highest BCUT2D eigenvalue weighted by molar-refractivity contribution is 6.28. The first-order valence-corrected chi connectivity index (χ1v) is 4.35. The maximum absolute atomic E-state index is 10.7. The summed E-state index contributed by atoms with van der Waals surface area (Å²) in [5, 5.41) is 8.30. The molecule has 76 valence electrons. The first kappa shape index (κ1) is 11.9. The second kappa shape index (κ2) is 4.84. The molecule has 0 atom stereocenters. The van der Waals surface area contributed by atoms with E-state index in [0.29, 0.717) is 6.42 Å². The Bertz CT molecular complexity index is 196. The van der Waals surface area contributed by atoms with Crippen LogP contribution in [0, 0.1) is 0 Å². The summed E-state index contributed by atoms with van der Waals surface area (Å²) >= 11 is 0. The molecule has 0 rings (SSSR count). The molecule has 0 aliphatic rings. The number of hydrogen-bond donors (Lipinski definition) is 1. The van der Waals surface area contributed by atoms with Gasteiger partial charge in [-0.25, -0.2) is 9.59 Å². The highest BCUT2D eigenvalue weighted by Crippen LogP contribution is 2.17. The number of unbranched alkanes of at least 4 members (excludes halogenated alkanes) is 1. The van der Waals surface area contributed by atoms with Gasteiger partial charge in [0, 0.05) is 0 Å². The lowest BCUT2D eigenvalue weighted by molar-refractivity contribution is -0.172. The van der Waals surface area contributed by atoms with E-state index in [0.717, 1.165) is 12.8 Å². The summed E-state index contributed by atoms with van der Waals surface area (Å²) in [5.41, 5.74) is -0.675. The van der Waals surface area contributed by atoms with Gasteiger partial charge < -0.3 is 9.84 Å². The maximum Gasteiger partial charge on any atom is 0.417 e. The van der Waals surface area contributed by atoms with Crippen molar-refractivity contribution >= 4 is 11.9 Å². The molecule has 4 heteroatoms. The predicted molar refractivity (Wildman–Crippen MR) is 47.3 cm³/mol. The van der Waals surface area contributed by atoms with Crippen LogP contribution in [0.3, 0.4) is 0 Å². The number of carboxylic acid groups (broad SMARTS) is 1. The van der Waals surface area contributed by atoms with Crippen LogP contribution >= 0.6 is 0 Å². The van der Waals surface area contributed by atoms with Gasteiger partial charge in [-0.3, -0.25) is 0 Å². The van der Waals surface area contributed by atoms with Gasteiger partial charge in [0.15, 0.2) is 0 Å². The summed E-state index contributed by atoms with van der Waals surface area (Å²) in [5.74, 6) is -2.72. The molecule has 0 radical (unpaired) electrons. The molecule has 0 bridgehead atoms. The van der Waals surface area contributed by atoms with E-state index in [1.54, 1.807) is 13.8 Å². The Balaban J connectivity index is 4.00. The number of carbonyl (C=O) groups excluding carboxylic acids is 1. The fourth-order valence-corrected chi connectivity index (χ4v) is 0.948. The minimum Gasteiger partial charge on any atom is -0.473 e. The molecule has 1 N–H and O–H groups in total. The molecule has 0 spiro atoms. The summed E-state index contributed by atoms with van der Waals surface area (Å²) in [6, 6.07) is 0. The van der Waals surface area contributed by atoms with Crippen molar-refractivity contribution in [2.24, 2.45) is 0 Å². The number of carboxylic acids is 1. The highest BCUT2D eigenvalue weighted by Gasteiger charge is 2.25. The molecule has 4 nitrogen and oxygen atoms in total. The van der Waals surface area contributed by atoms with E-state index in [1.165, 1.54) is 0 Å². The minimum absolute atomic E-state index is 0.675. The third kappa shape index (κ3) is 5.22. The van der Waals surface area contributed by atoms with Gasteiger partial charge in [0.2, 0.25) is 0 Å². The quantitative estimate of drug-likeness (QED) is 0.537. The zero-order chi connectivity index (χ0) is 10.5. The Kier molecular flexibility index (Phi) is 4.45. The van der Waals surface area contributed by atoms with Crippen LogP contribution in [0.1, 0.15) is 40.0 Å². The van der Waals surface area contributed by atoms with Crippen molar-refractivity contribution in [3.8, 4) is 0 Å². The molecular weight excluding hydrogens is 172 g/mol. The molecule has 0 heterocycles. The maximum atomic E-state index is 10.7. The summed E-state index contributed by atoms with van der Waals surface area (Å²) in [4.78, 5) is 20.9.